The predicted molar refractivity (Wildman–Crippen MR) is 87.3 cm³/mol. The van der Waals surface area contributed by atoms with Crippen LogP contribution in [0.4, 0.5) is 0 Å². The predicted octanol–water partition coefficient (Wildman–Crippen LogP) is 4.42. The number of pyridine rings is 1. The number of hydrogen-bond acceptors (Lipinski definition) is 3. The van der Waals surface area contributed by atoms with Gasteiger partial charge in [0.1, 0.15) is 21.3 Å². The van der Waals surface area contributed by atoms with Crippen LogP contribution < -0.4 is 0 Å². The number of rotatable bonds is 2. The SMILES string of the molecule is CC(C)(C)[S+]([O-])N=Cc1cc2cccc(Cl)c2nc1Cl. The minimum Gasteiger partial charge on any atom is -0.591 e. The van der Waals surface area contributed by atoms with Crippen molar-refractivity contribution in [3.8, 4) is 0 Å². The lowest BCUT2D eigenvalue weighted by Crippen LogP contribution is -2.25. The highest BCUT2D eigenvalue weighted by Gasteiger charge is 2.25. The first-order valence-electron chi connectivity index (χ1n) is 6.00. The van der Waals surface area contributed by atoms with E-state index in [2.05, 4.69) is 9.38 Å². The fourth-order valence-electron chi connectivity index (χ4n) is 1.51. The third-order valence-electron chi connectivity index (χ3n) is 2.59. The van der Waals surface area contributed by atoms with Crippen molar-refractivity contribution in [3.05, 3.63) is 40.0 Å². The summed E-state index contributed by atoms with van der Waals surface area (Å²) in [6.45, 7) is 5.58. The molecule has 0 aliphatic heterocycles. The van der Waals surface area contributed by atoms with E-state index >= 15 is 0 Å². The van der Waals surface area contributed by atoms with Gasteiger partial charge in [-0.25, -0.2) is 4.98 Å². The molecule has 0 spiro atoms. The molecule has 0 N–H and O–H groups in total. The van der Waals surface area contributed by atoms with Crippen molar-refractivity contribution in [2.24, 2.45) is 4.40 Å². The summed E-state index contributed by atoms with van der Waals surface area (Å²) in [5.41, 5.74) is 1.27. The maximum Gasteiger partial charge on any atom is 0.144 e. The Morgan fingerprint density at radius 1 is 1.30 bits per heavy atom. The Bertz CT molecular complexity index is 668. The third kappa shape index (κ3) is 3.44. The molecule has 1 heterocycles. The zero-order valence-corrected chi connectivity index (χ0v) is 13.7. The van der Waals surface area contributed by atoms with Crippen LogP contribution in [0, 0.1) is 0 Å². The van der Waals surface area contributed by atoms with Gasteiger partial charge in [-0.2, -0.15) is 0 Å². The van der Waals surface area contributed by atoms with Crippen LogP contribution in [0.3, 0.4) is 0 Å². The van der Waals surface area contributed by atoms with Gasteiger partial charge in [-0.15, -0.1) is 0 Å². The molecule has 1 unspecified atom stereocenters. The monoisotopic (exact) mass is 328 g/mol. The lowest BCUT2D eigenvalue weighted by atomic mass is 10.2. The molecule has 6 heteroatoms. The summed E-state index contributed by atoms with van der Waals surface area (Å²) in [7, 11) is 0. The first-order valence-corrected chi connectivity index (χ1v) is 7.86. The Labute approximate surface area is 131 Å². The van der Waals surface area contributed by atoms with Crippen molar-refractivity contribution in [2.45, 2.75) is 25.5 Å². The van der Waals surface area contributed by atoms with Crippen molar-refractivity contribution >= 4 is 51.7 Å². The van der Waals surface area contributed by atoms with Gasteiger partial charge in [-0.1, -0.05) is 39.7 Å². The molecule has 1 aromatic carbocycles. The van der Waals surface area contributed by atoms with Gasteiger partial charge >= 0.3 is 0 Å². The average molecular weight is 329 g/mol. The van der Waals surface area contributed by atoms with E-state index < -0.39 is 16.1 Å². The van der Waals surface area contributed by atoms with Crippen LogP contribution in [-0.4, -0.2) is 20.5 Å². The van der Waals surface area contributed by atoms with E-state index in [1.54, 1.807) is 6.07 Å². The summed E-state index contributed by atoms with van der Waals surface area (Å²) in [5.74, 6) is 0. The zero-order chi connectivity index (χ0) is 14.9. The molecule has 0 saturated heterocycles. The normalized spacial score (nSPS) is 14.1. The molecular formula is C14H14Cl2N2OS. The van der Waals surface area contributed by atoms with Crippen LogP contribution in [0.15, 0.2) is 28.7 Å². The van der Waals surface area contributed by atoms with Gasteiger partial charge in [0.25, 0.3) is 0 Å². The molecule has 2 aromatic rings. The number of halogens is 2. The quantitative estimate of drug-likeness (QED) is 0.465. The lowest BCUT2D eigenvalue weighted by molar-refractivity contribution is 0.562. The van der Waals surface area contributed by atoms with Crippen molar-refractivity contribution in [2.75, 3.05) is 0 Å². The Morgan fingerprint density at radius 2 is 2.00 bits per heavy atom. The van der Waals surface area contributed by atoms with Crippen molar-refractivity contribution in [3.63, 3.8) is 0 Å². The molecule has 0 radical (unpaired) electrons. The molecule has 106 valence electrons. The van der Waals surface area contributed by atoms with Crippen LogP contribution in [-0.2, 0) is 11.4 Å². The minimum absolute atomic E-state index is 0.292. The molecule has 20 heavy (non-hydrogen) atoms. The second kappa shape index (κ2) is 5.90. The highest BCUT2D eigenvalue weighted by Crippen LogP contribution is 2.25. The van der Waals surface area contributed by atoms with E-state index in [9.17, 15) is 4.55 Å². The molecule has 0 bridgehead atoms. The summed E-state index contributed by atoms with van der Waals surface area (Å²) in [6, 6.07) is 7.33. The summed E-state index contributed by atoms with van der Waals surface area (Å²) in [6.07, 6.45) is 1.50. The molecule has 0 amide bonds. The van der Waals surface area contributed by atoms with Gasteiger partial charge in [0.2, 0.25) is 0 Å². The second-order valence-corrected chi connectivity index (χ2v) is 7.98. The number of benzene rings is 1. The van der Waals surface area contributed by atoms with Crippen LogP contribution in [0.5, 0.6) is 0 Å². The zero-order valence-electron chi connectivity index (χ0n) is 11.4. The van der Waals surface area contributed by atoms with Crippen LogP contribution in [0.25, 0.3) is 10.9 Å². The highest BCUT2D eigenvalue weighted by molar-refractivity contribution is 7.91. The number of nitrogens with zero attached hydrogens (tertiary/aromatic N) is 2. The summed E-state index contributed by atoms with van der Waals surface area (Å²) in [5, 5.41) is 1.70. The van der Waals surface area contributed by atoms with E-state index in [0.29, 0.717) is 21.3 Å². The number of aromatic nitrogens is 1. The first-order chi connectivity index (χ1) is 9.29. The molecule has 0 aliphatic rings. The fourth-order valence-corrected chi connectivity index (χ4v) is 2.45. The van der Waals surface area contributed by atoms with E-state index in [-0.39, 0.29) is 0 Å². The maximum absolute atomic E-state index is 11.9. The molecular weight excluding hydrogens is 315 g/mol. The molecule has 3 nitrogen and oxygen atoms in total. The van der Waals surface area contributed by atoms with Gasteiger partial charge in [0.05, 0.1) is 16.8 Å². The molecule has 0 aliphatic carbocycles. The Hall–Kier alpha value is -0.810. The Morgan fingerprint density at radius 3 is 2.65 bits per heavy atom. The summed E-state index contributed by atoms with van der Waals surface area (Å²) in [4.78, 5) is 4.26. The van der Waals surface area contributed by atoms with Gasteiger partial charge in [0, 0.05) is 10.9 Å². The maximum atomic E-state index is 11.9. The van der Waals surface area contributed by atoms with E-state index in [4.69, 9.17) is 23.2 Å². The average Bonchev–Trinajstić information content (AvgIpc) is 2.36. The van der Waals surface area contributed by atoms with Crippen molar-refractivity contribution in [1.82, 2.24) is 4.98 Å². The topological polar surface area (TPSA) is 48.3 Å². The first kappa shape index (κ1) is 15.6. The Kier molecular flexibility index (Phi) is 4.59. The standard InChI is InChI=1S/C14H14Cl2N2OS/c1-14(2,3)20(19)17-8-10-7-9-5-4-6-11(15)12(9)18-13(10)16/h4-8H,1-3H3. The Balaban J connectivity index is 2.41. The molecule has 1 atom stereocenters. The smallest absolute Gasteiger partial charge is 0.144 e. The second-order valence-electron chi connectivity index (χ2n) is 5.28. The van der Waals surface area contributed by atoms with E-state index in [0.717, 1.165) is 5.39 Å². The van der Waals surface area contributed by atoms with Crippen molar-refractivity contribution in [1.29, 1.82) is 0 Å². The largest absolute Gasteiger partial charge is 0.591 e. The third-order valence-corrected chi connectivity index (χ3v) is 4.54. The molecule has 0 saturated carbocycles. The molecule has 0 fully saturated rings. The van der Waals surface area contributed by atoms with Gasteiger partial charge in [-0.3, -0.25) is 0 Å². The van der Waals surface area contributed by atoms with E-state index in [1.807, 2.05) is 39.0 Å². The molecule has 1 aromatic heterocycles. The van der Waals surface area contributed by atoms with Crippen LogP contribution >= 0.6 is 23.2 Å². The van der Waals surface area contributed by atoms with Gasteiger partial charge in [0.15, 0.2) is 0 Å². The van der Waals surface area contributed by atoms with Crippen molar-refractivity contribution < 1.29 is 4.55 Å². The lowest BCUT2D eigenvalue weighted by Gasteiger charge is -2.17. The minimum atomic E-state index is -1.33. The van der Waals surface area contributed by atoms with Crippen LogP contribution in [0.1, 0.15) is 26.3 Å². The number of para-hydroxylation sites is 1. The summed E-state index contributed by atoms with van der Waals surface area (Å²) >= 11 is 10.9. The summed E-state index contributed by atoms with van der Waals surface area (Å²) < 4.78 is 15.5. The number of hydrogen-bond donors (Lipinski definition) is 0. The number of fused-ring (bicyclic) bond motifs is 1. The van der Waals surface area contributed by atoms with Crippen LogP contribution in [0.2, 0.25) is 10.2 Å². The fraction of sp³-hybridized carbons (Fsp3) is 0.286. The highest BCUT2D eigenvalue weighted by atomic mass is 35.5. The van der Waals surface area contributed by atoms with Gasteiger partial charge in [-0.05, 0) is 32.9 Å². The molecule has 2 rings (SSSR count). The van der Waals surface area contributed by atoms with Gasteiger partial charge < -0.3 is 4.55 Å². The van der Waals surface area contributed by atoms with E-state index in [1.165, 1.54) is 6.21 Å².